The largest absolute Gasteiger partial charge is 0.356 e. The highest BCUT2D eigenvalue weighted by atomic mass is 35.5. The normalized spacial score (nSPS) is 20.3. The highest BCUT2D eigenvalue weighted by Gasteiger charge is 2.32. The maximum atomic E-state index is 13.4. The molecule has 2 rings (SSSR count). The molecule has 0 aromatic heterocycles. The minimum Gasteiger partial charge on any atom is -0.356 e. The average Bonchev–Trinajstić information content (AvgIpc) is 2.77. The lowest BCUT2D eigenvalue weighted by Gasteiger charge is -2.24. The Hall–Kier alpha value is -1.06. The molecule has 4 heteroatoms. The molecule has 0 bridgehead atoms. The van der Waals surface area contributed by atoms with Gasteiger partial charge in [-0.2, -0.15) is 0 Å². The van der Waals surface area contributed by atoms with Gasteiger partial charge in [0.15, 0.2) is 0 Å². The number of hydrogen-bond donors (Lipinski definition) is 0. The summed E-state index contributed by atoms with van der Waals surface area (Å²) in [4.78, 5) is 4.48. The van der Waals surface area contributed by atoms with Crippen LogP contribution in [0.1, 0.15) is 13.8 Å². The van der Waals surface area contributed by atoms with Crippen molar-refractivity contribution in [2.75, 3.05) is 24.7 Å². The van der Waals surface area contributed by atoms with E-state index < -0.39 is 0 Å². The van der Waals surface area contributed by atoms with E-state index in [1.54, 1.807) is 6.07 Å². The molecule has 0 spiro atoms. The Labute approximate surface area is 119 Å². The minimum absolute atomic E-state index is 0.248. The first-order chi connectivity index (χ1) is 9.02. The molecular formula is C15H20ClFN2. The van der Waals surface area contributed by atoms with Gasteiger partial charge in [-0.15, -0.1) is 6.58 Å². The van der Waals surface area contributed by atoms with Crippen LogP contribution in [0.25, 0.3) is 0 Å². The maximum absolute atomic E-state index is 13.4. The van der Waals surface area contributed by atoms with Crippen LogP contribution in [-0.2, 0) is 0 Å². The van der Waals surface area contributed by atoms with E-state index in [9.17, 15) is 4.39 Å². The molecule has 1 saturated heterocycles. The fourth-order valence-corrected chi connectivity index (χ4v) is 2.85. The van der Waals surface area contributed by atoms with E-state index >= 15 is 0 Å². The van der Waals surface area contributed by atoms with Crippen molar-refractivity contribution in [2.24, 2.45) is 5.92 Å². The van der Waals surface area contributed by atoms with E-state index in [-0.39, 0.29) is 5.82 Å². The van der Waals surface area contributed by atoms with Crippen molar-refractivity contribution >= 4 is 17.3 Å². The third-order valence-corrected chi connectivity index (χ3v) is 3.93. The predicted molar refractivity (Wildman–Crippen MR) is 79.2 cm³/mol. The maximum Gasteiger partial charge on any atom is 0.125 e. The van der Waals surface area contributed by atoms with Gasteiger partial charge in [0.1, 0.15) is 5.82 Å². The van der Waals surface area contributed by atoms with Crippen molar-refractivity contribution in [1.82, 2.24) is 4.90 Å². The van der Waals surface area contributed by atoms with E-state index in [2.05, 4.69) is 30.2 Å². The first-order valence-electron chi connectivity index (χ1n) is 6.58. The van der Waals surface area contributed by atoms with Gasteiger partial charge in [0.25, 0.3) is 0 Å². The van der Waals surface area contributed by atoms with Crippen LogP contribution in [0.4, 0.5) is 10.1 Å². The summed E-state index contributed by atoms with van der Waals surface area (Å²) in [6, 6.07) is 4.96. The van der Waals surface area contributed by atoms with Crippen molar-refractivity contribution in [3.63, 3.8) is 0 Å². The second-order valence-corrected chi connectivity index (χ2v) is 5.74. The monoisotopic (exact) mass is 282 g/mol. The summed E-state index contributed by atoms with van der Waals surface area (Å²) in [6.45, 7) is 10.7. The predicted octanol–water partition coefficient (Wildman–Crippen LogP) is 3.77. The van der Waals surface area contributed by atoms with Crippen LogP contribution >= 0.6 is 11.6 Å². The molecule has 0 radical (unpaired) electrons. The molecule has 1 aliphatic heterocycles. The highest BCUT2D eigenvalue weighted by Crippen LogP contribution is 2.31. The molecule has 0 N–H and O–H groups in total. The standard InChI is InChI=1S/C15H20ClFN2/c1-4-7-18-10-19(9-15(18)11(2)3)14-8-12(17)5-6-13(14)16/h4-6,8,11,15H,1,7,9-10H2,2-3H3. The van der Waals surface area contributed by atoms with Crippen LogP contribution in [0.3, 0.4) is 0 Å². The van der Waals surface area contributed by atoms with Crippen molar-refractivity contribution in [2.45, 2.75) is 19.9 Å². The molecule has 1 unspecified atom stereocenters. The number of halogens is 2. The Balaban J connectivity index is 2.23. The highest BCUT2D eigenvalue weighted by molar-refractivity contribution is 6.33. The third-order valence-electron chi connectivity index (χ3n) is 3.61. The van der Waals surface area contributed by atoms with Gasteiger partial charge in [-0.3, -0.25) is 4.90 Å². The van der Waals surface area contributed by atoms with Crippen LogP contribution in [-0.4, -0.2) is 30.7 Å². The van der Waals surface area contributed by atoms with Gasteiger partial charge in [0.05, 0.1) is 17.4 Å². The molecular weight excluding hydrogens is 263 g/mol. The molecule has 104 valence electrons. The number of anilines is 1. The number of hydrogen-bond acceptors (Lipinski definition) is 2. The molecule has 0 amide bonds. The second-order valence-electron chi connectivity index (χ2n) is 5.33. The molecule has 2 nitrogen and oxygen atoms in total. The van der Waals surface area contributed by atoms with E-state index in [1.165, 1.54) is 12.1 Å². The Bertz CT molecular complexity index is 461. The van der Waals surface area contributed by atoms with E-state index in [0.717, 1.165) is 25.4 Å². The van der Waals surface area contributed by atoms with Crippen molar-refractivity contribution < 1.29 is 4.39 Å². The number of nitrogens with zero attached hydrogens (tertiary/aromatic N) is 2. The Kier molecular flexibility index (Phi) is 4.48. The Morgan fingerprint density at radius 3 is 2.89 bits per heavy atom. The lowest BCUT2D eigenvalue weighted by Crippen LogP contribution is -2.34. The zero-order valence-corrected chi connectivity index (χ0v) is 12.2. The van der Waals surface area contributed by atoms with E-state index in [0.29, 0.717) is 17.0 Å². The van der Waals surface area contributed by atoms with Crippen LogP contribution < -0.4 is 4.90 Å². The smallest absolute Gasteiger partial charge is 0.125 e. The number of benzene rings is 1. The topological polar surface area (TPSA) is 6.48 Å². The Morgan fingerprint density at radius 1 is 1.53 bits per heavy atom. The van der Waals surface area contributed by atoms with Gasteiger partial charge in [-0.05, 0) is 24.1 Å². The zero-order valence-electron chi connectivity index (χ0n) is 11.4. The first-order valence-corrected chi connectivity index (χ1v) is 6.95. The molecule has 1 fully saturated rings. The lowest BCUT2D eigenvalue weighted by molar-refractivity contribution is 0.235. The first kappa shape index (κ1) is 14.4. The quantitative estimate of drug-likeness (QED) is 0.776. The summed E-state index contributed by atoms with van der Waals surface area (Å²) < 4.78 is 13.4. The van der Waals surface area contributed by atoms with Gasteiger partial charge in [-0.25, -0.2) is 4.39 Å². The third kappa shape index (κ3) is 3.10. The summed E-state index contributed by atoms with van der Waals surface area (Å²) in [6.07, 6.45) is 1.91. The van der Waals surface area contributed by atoms with Gasteiger partial charge in [0.2, 0.25) is 0 Å². The summed E-state index contributed by atoms with van der Waals surface area (Å²) in [5.41, 5.74) is 0.777. The summed E-state index contributed by atoms with van der Waals surface area (Å²) in [7, 11) is 0. The molecule has 0 saturated carbocycles. The lowest BCUT2D eigenvalue weighted by atomic mass is 10.0. The van der Waals surface area contributed by atoms with Gasteiger partial charge in [0, 0.05) is 19.1 Å². The minimum atomic E-state index is -0.248. The van der Waals surface area contributed by atoms with E-state index in [4.69, 9.17) is 11.6 Å². The van der Waals surface area contributed by atoms with Gasteiger partial charge >= 0.3 is 0 Å². The second kappa shape index (κ2) is 5.93. The fourth-order valence-electron chi connectivity index (χ4n) is 2.62. The van der Waals surface area contributed by atoms with Crippen molar-refractivity contribution in [1.29, 1.82) is 0 Å². The summed E-state index contributed by atoms with van der Waals surface area (Å²) >= 11 is 6.18. The van der Waals surface area contributed by atoms with Crippen molar-refractivity contribution in [3.8, 4) is 0 Å². The zero-order chi connectivity index (χ0) is 14.0. The van der Waals surface area contributed by atoms with Crippen LogP contribution in [0.5, 0.6) is 0 Å². The summed E-state index contributed by atoms with van der Waals surface area (Å²) in [5, 5.41) is 0.601. The Morgan fingerprint density at radius 2 is 2.26 bits per heavy atom. The number of rotatable bonds is 4. The summed E-state index contributed by atoms with van der Waals surface area (Å²) in [5.74, 6) is 0.292. The fraction of sp³-hybridized carbons (Fsp3) is 0.467. The van der Waals surface area contributed by atoms with E-state index in [1.807, 2.05) is 6.08 Å². The van der Waals surface area contributed by atoms with Gasteiger partial charge < -0.3 is 4.90 Å². The van der Waals surface area contributed by atoms with Crippen LogP contribution in [0.15, 0.2) is 30.9 Å². The molecule has 1 atom stereocenters. The molecule has 1 aromatic rings. The average molecular weight is 283 g/mol. The SMILES string of the molecule is C=CCN1CN(c2cc(F)ccc2Cl)CC1C(C)C. The van der Waals surface area contributed by atoms with Crippen LogP contribution in [0.2, 0.25) is 5.02 Å². The molecule has 19 heavy (non-hydrogen) atoms. The molecule has 1 aliphatic rings. The molecule has 1 aromatic carbocycles. The van der Waals surface area contributed by atoms with Crippen molar-refractivity contribution in [3.05, 3.63) is 41.7 Å². The molecule has 1 heterocycles. The van der Waals surface area contributed by atoms with Gasteiger partial charge in [-0.1, -0.05) is 31.5 Å². The molecule has 0 aliphatic carbocycles. The van der Waals surface area contributed by atoms with Crippen LogP contribution in [0, 0.1) is 11.7 Å².